The van der Waals surface area contributed by atoms with Crippen LogP contribution in [-0.4, -0.2) is 50.2 Å². The van der Waals surface area contributed by atoms with E-state index in [9.17, 15) is 0 Å². The van der Waals surface area contributed by atoms with Crippen molar-refractivity contribution in [2.75, 3.05) is 39.2 Å². The van der Waals surface area contributed by atoms with E-state index in [-0.39, 0.29) is 37.2 Å². The number of hydrogen-bond donors (Lipinski definition) is 3. The van der Waals surface area contributed by atoms with Crippen LogP contribution in [-0.2, 0) is 6.54 Å². The Kier molecular flexibility index (Phi) is 13.3. The molecule has 8 heteroatoms. The molecular formula is C21H30IN3O3S. The Labute approximate surface area is 194 Å². The Hall–Kier alpha value is -1.65. The lowest BCUT2D eigenvalue weighted by Crippen LogP contribution is -2.38. The number of methoxy groups -OCH3 is 1. The molecular weight excluding hydrogens is 501 g/mol. The molecule has 0 amide bonds. The molecule has 0 aromatic heterocycles. The van der Waals surface area contributed by atoms with Crippen LogP contribution in [0.15, 0.2) is 58.4 Å². The number of aliphatic hydroxyl groups is 1. The third kappa shape index (κ3) is 9.60. The molecule has 2 aromatic rings. The van der Waals surface area contributed by atoms with E-state index in [0.717, 1.165) is 30.4 Å². The van der Waals surface area contributed by atoms with Crippen molar-refractivity contribution < 1.29 is 14.6 Å². The van der Waals surface area contributed by atoms with Crippen molar-refractivity contribution in [2.45, 2.75) is 18.4 Å². The number of ether oxygens (including phenoxy) is 2. The fourth-order valence-corrected chi connectivity index (χ4v) is 3.24. The second-order valence-corrected chi connectivity index (χ2v) is 7.01. The molecule has 0 bridgehead atoms. The average molecular weight is 531 g/mol. The Morgan fingerprint density at radius 1 is 1.10 bits per heavy atom. The van der Waals surface area contributed by atoms with Gasteiger partial charge in [0.2, 0.25) is 0 Å². The Morgan fingerprint density at radius 3 is 2.59 bits per heavy atom. The molecule has 2 aromatic carbocycles. The zero-order valence-electron chi connectivity index (χ0n) is 16.9. The number of guanidine groups is 1. The highest BCUT2D eigenvalue weighted by molar-refractivity contribution is 14.0. The standard InChI is InChI=1S/C21H29N3O3S.HI/c1-3-22-21(23-11-14-28-18-7-5-4-6-8-18)24-16-17-9-10-19(27-13-12-25)20(15-17)26-2;/h4-10,15,25H,3,11-14,16H2,1-2H3,(H2,22,23,24);1H. The SMILES string of the molecule is CCNC(=NCc1ccc(OCCO)c(OC)c1)NCCSc1ccccc1.I. The number of hydrogen-bond acceptors (Lipinski definition) is 5. The molecule has 0 radical (unpaired) electrons. The number of thioether (sulfide) groups is 1. The number of halogens is 1. The molecule has 0 unspecified atom stereocenters. The number of aliphatic hydroxyl groups excluding tert-OH is 1. The summed E-state index contributed by atoms with van der Waals surface area (Å²) in [4.78, 5) is 5.91. The quantitative estimate of drug-likeness (QED) is 0.136. The van der Waals surface area contributed by atoms with Crippen molar-refractivity contribution in [1.29, 1.82) is 0 Å². The lowest BCUT2D eigenvalue weighted by molar-refractivity contribution is 0.196. The van der Waals surface area contributed by atoms with Crippen LogP contribution in [0.25, 0.3) is 0 Å². The maximum atomic E-state index is 8.90. The van der Waals surface area contributed by atoms with Gasteiger partial charge in [-0.15, -0.1) is 35.7 Å². The molecule has 0 atom stereocenters. The van der Waals surface area contributed by atoms with Gasteiger partial charge >= 0.3 is 0 Å². The van der Waals surface area contributed by atoms with E-state index in [2.05, 4.69) is 39.9 Å². The Morgan fingerprint density at radius 2 is 1.90 bits per heavy atom. The summed E-state index contributed by atoms with van der Waals surface area (Å²) < 4.78 is 10.8. The van der Waals surface area contributed by atoms with E-state index in [1.807, 2.05) is 43.0 Å². The Balaban J connectivity index is 0.00000420. The molecule has 0 heterocycles. The van der Waals surface area contributed by atoms with Crippen molar-refractivity contribution >= 4 is 41.7 Å². The molecule has 3 N–H and O–H groups in total. The zero-order valence-corrected chi connectivity index (χ0v) is 20.0. The van der Waals surface area contributed by atoms with Gasteiger partial charge in [-0.05, 0) is 36.8 Å². The van der Waals surface area contributed by atoms with Gasteiger partial charge < -0.3 is 25.2 Å². The lowest BCUT2D eigenvalue weighted by atomic mass is 10.2. The maximum absolute atomic E-state index is 8.90. The van der Waals surface area contributed by atoms with E-state index >= 15 is 0 Å². The number of aliphatic imine (C=N–C) groups is 1. The van der Waals surface area contributed by atoms with Gasteiger partial charge in [-0.1, -0.05) is 24.3 Å². The molecule has 0 aliphatic heterocycles. The van der Waals surface area contributed by atoms with Crippen LogP contribution in [0.4, 0.5) is 0 Å². The predicted molar refractivity (Wildman–Crippen MR) is 131 cm³/mol. The van der Waals surface area contributed by atoms with Crippen LogP contribution in [0.1, 0.15) is 12.5 Å². The van der Waals surface area contributed by atoms with Crippen LogP contribution in [0.2, 0.25) is 0 Å². The van der Waals surface area contributed by atoms with Gasteiger partial charge in [0.1, 0.15) is 6.61 Å². The van der Waals surface area contributed by atoms with Gasteiger partial charge in [-0.3, -0.25) is 0 Å². The molecule has 0 fully saturated rings. The highest BCUT2D eigenvalue weighted by Gasteiger charge is 2.06. The zero-order chi connectivity index (χ0) is 20.0. The van der Waals surface area contributed by atoms with Crippen molar-refractivity contribution in [3.05, 3.63) is 54.1 Å². The fourth-order valence-electron chi connectivity index (χ4n) is 2.45. The summed E-state index contributed by atoms with van der Waals surface area (Å²) in [5.74, 6) is 3.00. The third-order valence-corrected chi connectivity index (χ3v) is 4.76. The first-order chi connectivity index (χ1) is 13.8. The van der Waals surface area contributed by atoms with Gasteiger partial charge in [0.05, 0.1) is 20.3 Å². The number of nitrogens with zero attached hydrogens (tertiary/aromatic N) is 1. The Bertz CT molecular complexity index is 732. The molecule has 29 heavy (non-hydrogen) atoms. The van der Waals surface area contributed by atoms with Crippen molar-refractivity contribution in [2.24, 2.45) is 4.99 Å². The van der Waals surface area contributed by atoms with E-state index < -0.39 is 0 Å². The van der Waals surface area contributed by atoms with Crippen molar-refractivity contribution in [3.63, 3.8) is 0 Å². The van der Waals surface area contributed by atoms with Gasteiger partial charge in [0.15, 0.2) is 17.5 Å². The van der Waals surface area contributed by atoms with Gasteiger partial charge in [-0.25, -0.2) is 4.99 Å². The summed E-state index contributed by atoms with van der Waals surface area (Å²) in [6, 6.07) is 16.1. The number of nitrogens with one attached hydrogen (secondary N) is 2. The van der Waals surface area contributed by atoms with Crippen LogP contribution < -0.4 is 20.1 Å². The van der Waals surface area contributed by atoms with Crippen molar-refractivity contribution in [3.8, 4) is 11.5 Å². The third-order valence-electron chi connectivity index (χ3n) is 3.75. The van der Waals surface area contributed by atoms with E-state index in [0.29, 0.717) is 18.0 Å². The van der Waals surface area contributed by atoms with E-state index in [1.54, 1.807) is 7.11 Å². The molecule has 6 nitrogen and oxygen atoms in total. The molecule has 0 aliphatic carbocycles. The lowest BCUT2D eigenvalue weighted by Gasteiger charge is -2.13. The topological polar surface area (TPSA) is 75.1 Å². The summed E-state index contributed by atoms with van der Waals surface area (Å²) in [7, 11) is 1.60. The molecule has 0 saturated carbocycles. The minimum absolute atomic E-state index is 0. The smallest absolute Gasteiger partial charge is 0.191 e. The van der Waals surface area contributed by atoms with Crippen LogP contribution in [0, 0.1) is 0 Å². The first-order valence-corrected chi connectivity index (χ1v) is 10.4. The van der Waals surface area contributed by atoms with Crippen LogP contribution in [0.3, 0.4) is 0 Å². The fraction of sp³-hybridized carbons (Fsp3) is 0.381. The molecule has 160 valence electrons. The van der Waals surface area contributed by atoms with Crippen LogP contribution in [0.5, 0.6) is 11.5 Å². The average Bonchev–Trinajstić information content (AvgIpc) is 2.74. The minimum atomic E-state index is -0.0323. The highest BCUT2D eigenvalue weighted by atomic mass is 127. The summed E-state index contributed by atoms with van der Waals surface area (Å²) in [6.45, 7) is 4.40. The maximum Gasteiger partial charge on any atom is 0.191 e. The first kappa shape index (κ1) is 25.4. The molecule has 0 saturated heterocycles. The van der Waals surface area contributed by atoms with Gasteiger partial charge in [0.25, 0.3) is 0 Å². The largest absolute Gasteiger partial charge is 0.493 e. The summed E-state index contributed by atoms with van der Waals surface area (Å²) in [6.07, 6.45) is 0. The van der Waals surface area contributed by atoms with Crippen LogP contribution >= 0.6 is 35.7 Å². The molecule has 0 spiro atoms. The van der Waals surface area contributed by atoms with E-state index in [1.165, 1.54) is 4.90 Å². The molecule has 2 rings (SSSR count). The number of rotatable bonds is 11. The summed E-state index contributed by atoms with van der Waals surface area (Å²) in [5.41, 5.74) is 1.02. The predicted octanol–water partition coefficient (Wildman–Crippen LogP) is 3.53. The summed E-state index contributed by atoms with van der Waals surface area (Å²) >= 11 is 1.81. The van der Waals surface area contributed by atoms with Gasteiger partial charge in [-0.2, -0.15) is 0 Å². The van der Waals surface area contributed by atoms with Crippen molar-refractivity contribution in [1.82, 2.24) is 10.6 Å². The highest BCUT2D eigenvalue weighted by Crippen LogP contribution is 2.28. The van der Waals surface area contributed by atoms with E-state index in [4.69, 9.17) is 14.6 Å². The second kappa shape index (κ2) is 15.2. The first-order valence-electron chi connectivity index (χ1n) is 9.37. The monoisotopic (exact) mass is 531 g/mol. The summed E-state index contributed by atoms with van der Waals surface area (Å²) in [5, 5.41) is 15.5. The normalized spacial score (nSPS) is 10.8. The number of benzene rings is 2. The molecule has 0 aliphatic rings. The van der Waals surface area contributed by atoms with Gasteiger partial charge in [0, 0.05) is 23.7 Å². The second-order valence-electron chi connectivity index (χ2n) is 5.84. The minimum Gasteiger partial charge on any atom is -0.493 e.